The summed E-state index contributed by atoms with van der Waals surface area (Å²) >= 11 is 0. The highest BCUT2D eigenvalue weighted by Gasteiger charge is 2.19. The first-order chi connectivity index (χ1) is 13.8. The maximum Gasteiger partial charge on any atom is 0.354 e. The zero-order valence-electron chi connectivity index (χ0n) is 18.1. The molecule has 0 amide bonds. The van der Waals surface area contributed by atoms with Gasteiger partial charge in [-0.2, -0.15) is 0 Å². The molecule has 29 heavy (non-hydrogen) atoms. The summed E-state index contributed by atoms with van der Waals surface area (Å²) < 4.78 is 17.3. The smallest absolute Gasteiger partial charge is 0.354 e. The first kappa shape index (κ1) is 21.5. The van der Waals surface area contributed by atoms with Crippen molar-refractivity contribution in [1.29, 1.82) is 0 Å². The average molecular weight is 404 g/mol. The van der Waals surface area contributed by atoms with E-state index in [0.717, 1.165) is 37.1 Å². The number of benzene rings is 1. The Morgan fingerprint density at radius 1 is 1.17 bits per heavy atom. The summed E-state index contributed by atoms with van der Waals surface area (Å²) in [5.74, 6) is 1.04. The van der Waals surface area contributed by atoms with Crippen molar-refractivity contribution in [3.8, 4) is 11.5 Å². The van der Waals surface area contributed by atoms with Crippen LogP contribution in [0.25, 0.3) is 10.9 Å². The number of nitrogens with zero attached hydrogens (tertiary/aromatic N) is 1. The Balaban J connectivity index is 1.72. The molecule has 0 radical (unpaired) electrons. The quantitative estimate of drug-likeness (QED) is 0.660. The predicted octanol–water partition coefficient (Wildman–Crippen LogP) is 3.19. The first-order valence-electron chi connectivity index (χ1n) is 10.5. The first-order valence-corrected chi connectivity index (χ1v) is 10.5. The van der Waals surface area contributed by atoms with E-state index in [4.69, 9.17) is 14.2 Å². The van der Waals surface area contributed by atoms with E-state index < -0.39 is 0 Å². The fourth-order valence-electron chi connectivity index (χ4n) is 3.53. The van der Waals surface area contributed by atoms with Gasteiger partial charge in [-0.05, 0) is 40.7 Å². The zero-order chi connectivity index (χ0) is 21.0. The van der Waals surface area contributed by atoms with Gasteiger partial charge < -0.3 is 24.5 Å². The minimum absolute atomic E-state index is 0.0128. The molecule has 1 aromatic heterocycles. The van der Waals surface area contributed by atoms with E-state index >= 15 is 0 Å². The fraction of sp³-hybridized carbons (Fsp3) is 0.591. The molecule has 1 saturated heterocycles. The fourth-order valence-corrected chi connectivity index (χ4v) is 3.53. The average Bonchev–Trinajstić information content (AvgIpc) is 3.07. The molecule has 160 valence electrons. The molecule has 1 fully saturated rings. The number of aromatic nitrogens is 1. The third-order valence-corrected chi connectivity index (χ3v) is 4.88. The topological polar surface area (TPSA) is 75.8 Å². The van der Waals surface area contributed by atoms with Crippen molar-refractivity contribution in [2.45, 2.75) is 52.9 Å². The lowest BCUT2D eigenvalue weighted by molar-refractivity contribution is 0.0420. The van der Waals surface area contributed by atoms with E-state index in [-0.39, 0.29) is 18.2 Å². The molecular weight excluding hydrogens is 370 g/mol. The molecule has 1 unspecified atom stereocenters. The molecule has 1 aromatic carbocycles. The number of nitrogens with one attached hydrogen (secondary N) is 2. The van der Waals surface area contributed by atoms with E-state index in [1.165, 1.54) is 0 Å². The Labute approximate surface area is 172 Å². The van der Waals surface area contributed by atoms with Crippen LogP contribution in [0.3, 0.4) is 0 Å². The molecule has 1 atom stereocenters. The number of H-pyrrole nitrogens is 1. The third kappa shape index (κ3) is 5.64. The monoisotopic (exact) mass is 403 g/mol. The van der Waals surface area contributed by atoms with Crippen LogP contribution in [-0.4, -0.2) is 66.9 Å². The van der Waals surface area contributed by atoms with Gasteiger partial charge in [0.15, 0.2) is 0 Å². The second kappa shape index (κ2) is 9.50. The molecule has 7 nitrogen and oxygen atoms in total. The van der Waals surface area contributed by atoms with Gasteiger partial charge in [0, 0.05) is 49.7 Å². The van der Waals surface area contributed by atoms with Gasteiger partial charge in [0.2, 0.25) is 0 Å². The van der Waals surface area contributed by atoms with E-state index in [1.54, 1.807) is 6.07 Å². The van der Waals surface area contributed by atoms with Gasteiger partial charge in [-0.1, -0.05) is 0 Å². The molecule has 3 rings (SSSR count). The number of piperazine rings is 1. The number of fused-ring (bicyclic) bond motifs is 1. The molecule has 2 aromatic rings. The highest BCUT2D eigenvalue weighted by atomic mass is 16.5. The van der Waals surface area contributed by atoms with Gasteiger partial charge in [-0.25, -0.2) is 4.79 Å². The minimum Gasteiger partial charge on any atom is -0.491 e. The standard InChI is InChI=1S/C22H33N3O4/c1-14(2)28-17-10-19-18(21(11-17)29-15(3)4)12-20(24-19)22(26)27-9-8-25-7-6-23-13-16(25)5/h10-12,14-16,23-24H,6-9,13H2,1-5H3. The van der Waals surface area contributed by atoms with Crippen LogP contribution in [-0.2, 0) is 4.74 Å². The molecule has 0 aliphatic carbocycles. The van der Waals surface area contributed by atoms with E-state index in [2.05, 4.69) is 22.1 Å². The van der Waals surface area contributed by atoms with Crippen molar-refractivity contribution >= 4 is 16.9 Å². The van der Waals surface area contributed by atoms with Crippen LogP contribution >= 0.6 is 0 Å². The Morgan fingerprint density at radius 3 is 2.62 bits per heavy atom. The largest absolute Gasteiger partial charge is 0.491 e. The lowest BCUT2D eigenvalue weighted by Crippen LogP contribution is -2.50. The molecule has 0 spiro atoms. The summed E-state index contributed by atoms with van der Waals surface area (Å²) in [6.07, 6.45) is 0.0601. The van der Waals surface area contributed by atoms with Gasteiger partial charge in [-0.15, -0.1) is 0 Å². The van der Waals surface area contributed by atoms with Crippen LogP contribution in [0.4, 0.5) is 0 Å². The summed E-state index contributed by atoms with van der Waals surface area (Å²) in [6.45, 7) is 14.1. The van der Waals surface area contributed by atoms with Crippen molar-refractivity contribution < 1.29 is 19.0 Å². The zero-order valence-corrected chi connectivity index (χ0v) is 18.1. The summed E-state index contributed by atoms with van der Waals surface area (Å²) in [6, 6.07) is 6.01. The molecule has 0 bridgehead atoms. The van der Waals surface area contributed by atoms with Crippen LogP contribution in [0.1, 0.15) is 45.1 Å². The number of esters is 1. The summed E-state index contributed by atoms with van der Waals surface area (Å²) in [4.78, 5) is 18.1. The van der Waals surface area contributed by atoms with Crippen LogP contribution < -0.4 is 14.8 Å². The Hall–Kier alpha value is -2.25. The number of aromatic amines is 1. The molecule has 1 aliphatic rings. The van der Waals surface area contributed by atoms with Crippen LogP contribution in [0.5, 0.6) is 11.5 Å². The molecule has 2 N–H and O–H groups in total. The van der Waals surface area contributed by atoms with Gasteiger partial charge >= 0.3 is 5.97 Å². The maximum atomic E-state index is 12.6. The van der Waals surface area contributed by atoms with Gasteiger partial charge in [-0.3, -0.25) is 4.90 Å². The van der Waals surface area contributed by atoms with Crippen LogP contribution in [0, 0.1) is 0 Å². The second-order valence-electron chi connectivity index (χ2n) is 8.12. The number of ether oxygens (including phenoxy) is 3. The molecule has 7 heteroatoms. The lowest BCUT2D eigenvalue weighted by atomic mass is 10.2. The van der Waals surface area contributed by atoms with Crippen molar-refractivity contribution in [2.24, 2.45) is 0 Å². The Morgan fingerprint density at radius 2 is 1.93 bits per heavy atom. The maximum absolute atomic E-state index is 12.6. The number of hydrogen-bond acceptors (Lipinski definition) is 6. The van der Waals surface area contributed by atoms with Crippen molar-refractivity contribution in [3.05, 3.63) is 23.9 Å². The number of carbonyl (C=O) groups is 1. The van der Waals surface area contributed by atoms with Crippen LogP contribution in [0.15, 0.2) is 18.2 Å². The normalized spacial score (nSPS) is 17.8. The molecule has 2 heterocycles. The molecule has 0 saturated carbocycles. The van der Waals surface area contributed by atoms with Crippen molar-refractivity contribution in [1.82, 2.24) is 15.2 Å². The van der Waals surface area contributed by atoms with E-state index in [1.807, 2.05) is 39.8 Å². The van der Waals surface area contributed by atoms with E-state index in [9.17, 15) is 4.79 Å². The summed E-state index contributed by atoms with van der Waals surface area (Å²) in [5.41, 5.74) is 1.21. The van der Waals surface area contributed by atoms with Crippen molar-refractivity contribution in [2.75, 3.05) is 32.8 Å². The highest BCUT2D eigenvalue weighted by molar-refractivity contribution is 5.97. The minimum atomic E-state index is -0.356. The predicted molar refractivity (Wildman–Crippen MR) is 114 cm³/mol. The Bertz CT molecular complexity index is 831. The lowest BCUT2D eigenvalue weighted by Gasteiger charge is -2.33. The summed E-state index contributed by atoms with van der Waals surface area (Å²) in [7, 11) is 0. The third-order valence-electron chi connectivity index (χ3n) is 4.88. The van der Waals surface area contributed by atoms with Crippen molar-refractivity contribution in [3.63, 3.8) is 0 Å². The SMILES string of the molecule is CC(C)Oc1cc(OC(C)C)c2cc(C(=O)OCCN3CCNCC3C)[nH]c2c1. The second-order valence-corrected chi connectivity index (χ2v) is 8.12. The van der Waals surface area contributed by atoms with Gasteiger partial charge in [0.25, 0.3) is 0 Å². The van der Waals surface area contributed by atoms with Crippen LogP contribution in [0.2, 0.25) is 0 Å². The summed E-state index contributed by atoms with van der Waals surface area (Å²) in [5, 5.41) is 4.21. The Kier molecular flexibility index (Phi) is 7.03. The molecular formula is C22H33N3O4. The number of rotatable bonds is 8. The molecule has 1 aliphatic heterocycles. The van der Waals surface area contributed by atoms with E-state index in [0.29, 0.717) is 29.8 Å². The number of hydrogen-bond donors (Lipinski definition) is 2. The highest BCUT2D eigenvalue weighted by Crippen LogP contribution is 2.33. The number of carbonyl (C=O) groups excluding carboxylic acids is 1. The van der Waals surface area contributed by atoms with Gasteiger partial charge in [0.05, 0.1) is 17.7 Å². The van der Waals surface area contributed by atoms with Gasteiger partial charge in [0.1, 0.15) is 23.8 Å².